The van der Waals surface area contributed by atoms with Gasteiger partial charge in [0.1, 0.15) is 18.1 Å². The van der Waals surface area contributed by atoms with Crippen LogP contribution in [0.1, 0.15) is 24.0 Å². The van der Waals surface area contributed by atoms with Gasteiger partial charge in [-0.3, -0.25) is 14.9 Å². The molecule has 1 saturated carbocycles. The lowest BCUT2D eigenvalue weighted by Gasteiger charge is -2.11. The molecule has 6 heteroatoms. The first kappa shape index (κ1) is 17.7. The van der Waals surface area contributed by atoms with Gasteiger partial charge in [-0.25, -0.2) is 0 Å². The van der Waals surface area contributed by atoms with Crippen LogP contribution in [-0.2, 0) is 11.4 Å². The number of hydrogen-bond donors (Lipinski definition) is 0. The molecule has 0 aromatic heterocycles. The lowest BCUT2D eigenvalue weighted by Crippen LogP contribution is -2.00. The Bertz CT molecular complexity index is 838. The molecule has 0 spiro atoms. The van der Waals surface area contributed by atoms with Crippen LogP contribution in [0.4, 0.5) is 5.69 Å². The SMILES string of the molecule is COc1ccc(/C=C/C(=O)C2CC2)cc1COc1ccc([N+](=O)[O-])cc1. The van der Waals surface area contributed by atoms with Crippen LogP contribution in [0.15, 0.2) is 48.5 Å². The third-order valence-electron chi connectivity index (χ3n) is 4.17. The van der Waals surface area contributed by atoms with Crippen molar-refractivity contribution in [2.24, 2.45) is 5.92 Å². The minimum Gasteiger partial charge on any atom is -0.496 e. The zero-order chi connectivity index (χ0) is 18.5. The third-order valence-corrected chi connectivity index (χ3v) is 4.17. The maximum Gasteiger partial charge on any atom is 0.269 e. The largest absolute Gasteiger partial charge is 0.496 e. The van der Waals surface area contributed by atoms with Crippen LogP contribution in [0.3, 0.4) is 0 Å². The summed E-state index contributed by atoms with van der Waals surface area (Å²) < 4.78 is 11.1. The second-order valence-corrected chi connectivity index (χ2v) is 6.12. The van der Waals surface area contributed by atoms with Crippen molar-refractivity contribution in [2.45, 2.75) is 19.4 Å². The summed E-state index contributed by atoms with van der Waals surface area (Å²) in [7, 11) is 1.58. The Morgan fingerprint density at radius 3 is 2.58 bits per heavy atom. The van der Waals surface area contributed by atoms with Gasteiger partial charge in [0.15, 0.2) is 5.78 Å². The quantitative estimate of drug-likeness (QED) is 0.404. The summed E-state index contributed by atoms with van der Waals surface area (Å²) in [6.45, 7) is 0.249. The van der Waals surface area contributed by atoms with Gasteiger partial charge in [-0.15, -0.1) is 0 Å². The number of carbonyl (C=O) groups is 1. The number of allylic oxidation sites excluding steroid dienone is 1. The Morgan fingerprint density at radius 2 is 1.96 bits per heavy atom. The van der Waals surface area contributed by atoms with Gasteiger partial charge < -0.3 is 9.47 Å². The van der Waals surface area contributed by atoms with E-state index in [1.807, 2.05) is 18.2 Å². The molecule has 2 aromatic carbocycles. The van der Waals surface area contributed by atoms with E-state index in [0.717, 1.165) is 24.0 Å². The number of rotatable bonds is 8. The Labute approximate surface area is 151 Å². The molecule has 0 amide bonds. The molecule has 0 atom stereocenters. The van der Waals surface area contributed by atoms with Crippen LogP contribution in [0.5, 0.6) is 11.5 Å². The van der Waals surface area contributed by atoms with Crippen molar-refractivity contribution in [1.82, 2.24) is 0 Å². The normalized spacial score (nSPS) is 13.6. The maximum absolute atomic E-state index is 11.8. The van der Waals surface area contributed by atoms with Gasteiger partial charge >= 0.3 is 0 Å². The van der Waals surface area contributed by atoms with Gasteiger partial charge in [-0.05, 0) is 48.7 Å². The monoisotopic (exact) mass is 353 g/mol. The molecule has 0 radical (unpaired) electrons. The number of ketones is 1. The molecule has 0 heterocycles. The smallest absolute Gasteiger partial charge is 0.269 e. The number of nitrogens with zero attached hydrogens (tertiary/aromatic N) is 1. The molecular formula is C20H19NO5. The van der Waals surface area contributed by atoms with Crippen LogP contribution in [-0.4, -0.2) is 17.8 Å². The predicted octanol–water partition coefficient (Wildman–Crippen LogP) is 4.17. The van der Waals surface area contributed by atoms with Crippen LogP contribution >= 0.6 is 0 Å². The number of nitro groups is 1. The highest BCUT2D eigenvalue weighted by Gasteiger charge is 2.27. The van der Waals surface area contributed by atoms with Crippen molar-refractivity contribution >= 4 is 17.5 Å². The maximum atomic E-state index is 11.8. The molecule has 1 aliphatic carbocycles. The minimum atomic E-state index is -0.453. The number of non-ortho nitro benzene ring substituents is 1. The first-order valence-corrected chi connectivity index (χ1v) is 8.33. The van der Waals surface area contributed by atoms with Crippen LogP contribution in [0.2, 0.25) is 0 Å². The van der Waals surface area contributed by atoms with E-state index in [0.29, 0.717) is 11.5 Å². The van der Waals surface area contributed by atoms with Gasteiger partial charge in [-0.1, -0.05) is 12.1 Å². The van der Waals surface area contributed by atoms with E-state index in [9.17, 15) is 14.9 Å². The average Bonchev–Trinajstić information content (AvgIpc) is 3.50. The fourth-order valence-corrected chi connectivity index (χ4v) is 2.52. The topological polar surface area (TPSA) is 78.7 Å². The summed E-state index contributed by atoms with van der Waals surface area (Å²) >= 11 is 0. The Kier molecular flexibility index (Phi) is 5.31. The van der Waals surface area contributed by atoms with E-state index in [4.69, 9.17) is 9.47 Å². The van der Waals surface area contributed by atoms with Crippen LogP contribution in [0, 0.1) is 16.0 Å². The minimum absolute atomic E-state index is 0.0161. The van der Waals surface area contributed by atoms with Gasteiger partial charge in [0.05, 0.1) is 12.0 Å². The number of ether oxygens (including phenoxy) is 2. The van der Waals surface area contributed by atoms with Gasteiger partial charge in [0.2, 0.25) is 0 Å². The second kappa shape index (κ2) is 7.82. The number of benzene rings is 2. The molecular weight excluding hydrogens is 334 g/mol. The van der Waals surface area contributed by atoms with Crippen molar-refractivity contribution < 1.29 is 19.2 Å². The second-order valence-electron chi connectivity index (χ2n) is 6.12. The fourth-order valence-electron chi connectivity index (χ4n) is 2.52. The molecule has 0 bridgehead atoms. The van der Waals surface area contributed by atoms with Crippen LogP contribution < -0.4 is 9.47 Å². The summed E-state index contributed by atoms with van der Waals surface area (Å²) in [6, 6.07) is 11.5. The third kappa shape index (κ3) is 4.47. The summed E-state index contributed by atoms with van der Waals surface area (Å²) in [6.07, 6.45) is 5.40. The van der Waals surface area contributed by atoms with E-state index in [1.165, 1.54) is 12.1 Å². The summed E-state index contributed by atoms with van der Waals surface area (Å²) in [5, 5.41) is 10.7. The van der Waals surface area contributed by atoms with Crippen molar-refractivity contribution in [3.8, 4) is 11.5 Å². The van der Waals surface area contributed by atoms with Crippen LogP contribution in [0.25, 0.3) is 6.08 Å². The first-order valence-electron chi connectivity index (χ1n) is 8.33. The number of carbonyl (C=O) groups excluding carboxylic acids is 1. The molecule has 26 heavy (non-hydrogen) atoms. The summed E-state index contributed by atoms with van der Waals surface area (Å²) in [5.74, 6) is 1.58. The van der Waals surface area contributed by atoms with E-state index in [1.54, 1.807) is 31.4 Å². The molecule has 2 aromatic rings. The highest BCUT2D eigenvalue weighted by molar-refractivity contribution is 5.96. The van der Waals surface area contributed by atoms with E-state index in [-0.39, 0.29) is 24.0 Å². The molecule has 6 nitrogen and oxygen atoms in total. The van der Waals surface area contributed by atoms with E-state index in [2.05, 4.69) is 0 Å². The molecule has 134 valence electrons. The lowest BCUT2D eigenvalue weighted by atomic mass is 10.1. The number of nitro benzene ring substituents is 1. The van der Waals surface area contributed by atoms with Crippen molar-refractivity contribution in [1.29, 1.82) is 0 Å². The van der Waals surface area contributed by atoms with Crippen molar-refractivity contribution in [3.05, 3.63) is 69.8 Å². The lowest BCUT2D eigenvalue weighted by molar-refractivity contribution is -0.384. The van der Waals surface area contributed by atoms with E-state index < -0.39 is 4.92 Å². The predicted molar refractivity (Wildman–Crippen MR) is 97.2 cm³/mol. The standard InChI is InChI=1S/C20H19NO5/c1-25-20-11-3-14(2-10-19(22)15-4-5-15)12-16(20)13-26-18-8-6-17(7-9-18)21(23)24/h2-3,6-12,15H,4-5,13H2,1H3/b10-2+. The molecule has 1 fully saturated rings. The van der Waals surface area contributed by atoms with Gasteiger partial charge in [0.25, 0.3) is 5.69 Å². The number of hydrogen-bond acceptors (Lipinski definition) is 5. The first-order chi connectivity index (χ1) is 12.6. The number of methoxy groups -OCH3 is 1. The van der Waals surface area contributed by atoms with Crippen molar-refractivity contribution in [2.75, 3.05) is 7.11 Å². The highest BCUT2D eigenvalue weighted by Crippen LogP contribution is 2.30. The molecule has 0 unspecified atom stereocenters. The van der Waals surface area contributed by atoms with E-state index >= 15 is 0 Å². The average molecular weight is 353 g/mol. The molecule has 0 aliphatic heterocycles. The molecule has 0 saturated heterocycles. The Morgan fingerprint density at radius 1 is 1.23 bits per heavy atom. The molecule has 1 aliphatic rings. The molecule has 3 rings (SSSR count). The Hall–Kier alpha value is -3.15. The highest BCUT2D eigenvalue weighted by atomic mass is 16.6. The summed E-state index contributed by atoms with van der Waals surface area (Å²) in [5.41, 5.74) is 1.73. The Balaban J connectivity index is 1.69. The molecule has 0 N–H and O–H groups in total. The zero-order valence-corrected chi connectivity index (χ0v) is 14.4. The fraction of sp³-hybridized carbons (Fsp3) is 0.250. The summed E-state index contributed by atoms with van der Waals surface area (Å²) in [4.78, 5) is 22.0. The van der Waals surface area contributed by atoms with Gasteiger partial charge in [-0.2, -0.15) is 0 Å². The van der Waals surface area contributed by atoms with Crippen molar-refractivity contribution in [3.63, 3.8) is 0 Å². The van der Waals surface area contributed by atoms with Gasteiger partial charge in [0, 0.05) is 23.6 Å². The zero-order valence-electron chi connectivity index (χ0n) is 14.4.